The van der Waals surface area contributed by atoms with Gasteiger partial charge in [0.15, 0.2) is 5.78 Å². The molecule has 4 rings (SSSR count). The summed E-state index contributed by atoms with van der Waals surface area (Å²) < 4.78 is 5.53. The molecule has 0 saturated carbocycles. The predicted molar refractivity (Wildman–Crippen MR) is 123 cm³/mol. The number of piperidine rings is 1. The highest BCUT2D eigenvalue weighted by atomic mass is 35.5. The first-order chi connectivity index (χ1) is 15.0. The minimum absolute atomic E-state index is 0.0232. The van der Waals surface area contributed by atoms with Crippen LogP contribution in [-0.4, -0.2) is 41.3 Å². The molecular formula is C25H25ClN2O3. The number of likely N-dealkylation sites (tertiary alicyclic amines) is 1. The molecule has 1 fully saturated rings. The van der Waals surface area contributed by atoms with Crippen LogP contribution in [0.2, 0.25) is 0 Å². The van der Waals surface area contributed by atoms with Crippen molar-refractivity contribution in [2.24, 2.45) is 5.92 Å². The minimum Gasteiger partial charge on any atom is -0.494 e. The van der Waals surface area contributed by atoms with Crippen molar-refractivity contribution >= 4 is 39.2 Å². The molecule has 1 amide bonds. The number of fused-ring (bicyclic) bond motifs is 1. The predicted octanol–water partition coefficient (Wildman–Crippen LogP) is 5.27. The molecule has 0 bridgehead atoms. The van der Waals surface area contributed by atoms with Gasteiger partial charge in [0.2, 0.25) is 0 Å². The number of ketones is 1. The highest BCUT2D eigenvalue weighted by molar-refractivity contribution is 6.50. The van der Waals surface area contributed by atoms with Crippen LogP contribution in [0.25, 0.3) is 15.9 Å². The van der Waals surface area contributed by atoms with Gasteiger partial charge in [-0.05, 0) is 49.6 Å². The molecule has 0 unspecified atom stereocenters. The number of amides is 1. The van der Waals surface area contributed by atoms with E-state index in [1.165, 1.54) is 6.08 Å². The summed E-state index contributed by atoms with van der Waals surface area (Å²) in [5, 5.41) is 1.40. The Labute approximate surface area is 186 Å². The van der Waals surface area contributed by atoms with Crippen LogP contribution in [0, 0.1) is 5.92 Å². The lowest BCUT2D eigenvalue weighted by atomic mass is 9.92. The van der Waals surface area contributed by atoms with Crippen LogP contribution in [0.4, 0.5) is 0 Å². The van der Waals surface area contributed by atoms with Gasteiger partial charge in [-0.15, -0.1) is 0 Å². The third-order valence-corrected chi connectivity index (χ3v) is 5.96. The van der Waals surface area contributed by atoms with Gasteiger partial charge in [-0.1, -0.05) is 41.9 Å². The smallest absolute Gasteiger partial charge is 0.270 e. The Bertz CT molecular complexity index is 1110. The van der Waals surface area contributed by atoms with Crippen molar-refractivity contribution < 1.29 is 14.3 Å². The van der Waals surface area contributed by atoms with Crippen LogP contribution in [0.5, 0.6) is 5.75 Å². The summed E-state index contributed by atoms with van der Waals surface area (Å²) in [5.74, 6) is 0.653. The normalized spacial score (nSPS) is 15.3. The van der Waals surface area contributed by atoms with E-state index < -0.39 is 0 Å². The topological polar surface area (TPSA) is 62.4 Å². The zero-order valence-corrected chi connectivity index (χ0v) is 18.2. The Balaban J connectivity index is 1.38. The van der Waals surface area contributed by atoms with Crippen molar-refractivity contribution in [2.75, 3.05) is 19.7 Å². The number of ether oxygens (including phenoxy) is 1. The first kappa shape index (κ1) is 21.2. The molecular weight excluding hydrogens is 412 g/mol. The third-order valence-electron chi connectivity index (χ3n) is 5.64. The molecule has 1 aromatic heterocycles. The SMILES string of the molecule is CCOc1ccc2[nH]c(C(=O)N3CCC(C(=O)/C=C(\Cl)c4ccccc4)CC3)cc2c1. The summed E-state index contributed by atoms with van der Waals surface area (Å²) in [4.78, 5) is 30.6. The monoisotopic (exact) mass is 436 g/mol. The molecule has 3 aromatic rings. The molecule has 160 valence electrons. The number of aromatic nitrogens is 1. The van der Waals surface area contributed by atoms with Crippen LogP contribution >= 0.6 is 11.6 Å². The molecule has 0 atom stereocenters. The Hall–Kier alpha value is -3.05. The second kappa shape index (κ2) is 9.40. The molecule has 31 heavy (non-hydrogen) atoms. The number of carbonyl (C=O) groups is 2. The number of carbonyl (C=O) groups excluding carboxylic acids is 2. The maximum absolute atomic E-state index is 13.0. The van der Waals surface area contributed by atoms with Gasteiger partial charge in [-0.2, -0.15) is 0 Å². The van der Waals surface area contributed by atoms with Crippen LogP contribution < -0.4 is 4.74 Å². The number of nitrogens with zero attached hydrogens (tertiary/aromatic N) is 1. The van der Waals surface area contributed by atoms with Gasteiger partial charge in [0, 0.05) is 36.0 Å². The largest absolute Gasteiger partial charge is 0.494 e. The Morgan fingerprint density at radius 1 is 1.13 bits per heavy atom. The number of hydrogen-bond acceptors (Lipinski definition) is 3. The minimum atomic E-state index is -0.113. The highest BCUT2D eigenvalue weighted by Crippen LogP contribution is 2.26. The summed E-state index contributed by atoms with van der Waals surface area (Å²) >= 11 is 6.31. The van der Waals surface area contributed by atoms with E-state index in [4.69, 9.17) is 16.3 Å². The number of halogens is 1. The fourth-order valence-electron chi connectivity index (χ4n) is 3.94. The molecule has 2 heterocycles. The van der Waals surface area contributed by atoms with Gasteiger partial charge >= 0.3 is 0 Å². The number of rotatable bonds is 6. The van der Waals surface area contributed by atoms with Crippen molar-refractivity contribution in [3.05, 3.63) is 71.9 Å². The molecule has 6 heteroatoms. The van der Waals surface area contributed by atoms with E-state index in [9.17, 15) is 9.59 Å². The molecule has 2 aromatic carbocycles. The molecule has 1 N–H and O–H groups in total. The lowest BCUT2D eigenvalue weighted by molar-refractivity contribution is -0.119. The Morgan fingerprint density at radius 2 is 1.87 bits per heavy atom. The highest BCUT2D eigenvalue weighted by Gasteiger charge is 2.27. The first-order valence-electron chi connectivity index (χ1n) is 10.6. The lowest BCUT2D eigenvalue weighted by Crippen LogP contribution is -2.40. The fraction of sp³-hybridized carbons (Fsp3) is 0.280. The molecule has 0 aliphatic carbocycles. The van der Waals surface area contributed by atoms with Crippen LogP contribution in [0.3, 0.4) is 0 Å². The van der Waals surface area contributed by atoms with Gasteiger partial charge in [0.25, 0.3) is 5.91 Å². The van der Waals surface area contributed by atoms with E-state index in [-0.39, 0.29) is 17.6 Å². The van der Waals surface area contributed by atoms with Crippen molar-refractivity contribution in [3.63, 3.8) is 0 Å². The lowest BCUT2D eigenvalue weighted by Gasteiger charge is -2.30. The zero-order valence-electron chi connectivity index (χ0n) is 17.4. The van der Waals surface area contributed by atoms with E-state index in [0.29, 0.717) is 43.3 Å². The number of hydrogen-bond donors (Lipinski definition) is 1. The van der Waals surface area contributed by atoms with Crippen LogP contribution in [0.15, 0.2) is 60.7 Å². The number of benzene rings is 2. The van der Waals surface area contributed by atoms with Crippen LogP contribution in [0.1, 0.15) is 35.8 Å². The van der Waals surface area contributed by atoms with Gasteiger partial charge in [-0.25, -0.2) is 0 Å². The van der Waals surface area contributed by atoms with E-state index in [1.807, 2.05) is 61.5 Å². The van der Waals surface area contributed by atoms with Crippen molar-refractivity contribution in [1.82, 2.24) is 9.88 Å². The zero-order chi connectivity index (χ0) is 21.8. The molecule has 5 nitrogen and oxygen atoms in total. The summed E-state index contributed by atoms with van der Waals surface area (Å²) in [6.07, 6.45) is 2.79. The summed E-state index contributed by atoms with van der Waals surface area (Å²) in [7, 11) is 0. The van der Waals surface area contributed by atoms with Gasteiger partial charge in [0.1, 0.15) is 11.4 Å². The number of H-pyrrole nitrogens is 1. The fourth-order valence-corrected chi connectivity index (χ4v) is 4.18. The van der Waals surface area contributed by atoms with Gasteiger partial charge in [-0.3, -0.25) is 9.59 Å². The molecule has 1 aliphatic rings. The first-order valence-corrected chi connectivity index (χ1v) is 10.9. The summed E-state index contributed by atoms with van der Waals surface area (Å²) in [6, 6.07) is 17.1. The number of nitrogens with one attached hydrogen (secondary N) is 1. The Morgan fingerprint density at radius 3 is 2.58 bits per heavy atom. The number of allylic oxidation sites excluding steroid dienone is 1. The maximum Gasteiger partial charge on any atom is 0.270 e. The quantitative estimate of drug-likeness (QED) is 0.535. The van der Waals surface area contributed by atoms with Gasteiger partial charge in [0.05, 0.1) is 11.6 Å². The van der Waals surface area contributed by atoms with Crippen LogP contribution in [-0.2, 0) is 4.79 Å². The van der Waals surface area contributed by atoms with Crippen molar-refractivity contribution in [2.45, 2.75) is 19.8 Å². The number of aromatic amines is 1. The molecule has 0 spiro atoms. The Kier molecular flexibility index (Phi) is 6.42. The van der Waals surface area contributed by atoms with E-state index in [1.54, 1.807) is 4.90 Å². The van der Waals surface area contributed by atoms with E-state index in [0.717, 1.165) is 22.2 Å². The van der Waals surface area contributed by atoms with E-state index in [2.05, 4.69) is 4.98 Å². The summed E-state index contributed by atoms with van der Waals surface area (Å²) in [5.41, 5.74) is 2.29. The molecule has 0 radical (unpaired) electrons. The second-order valence-electron chi connectivity index (χ2n) is 7.69. The van der Waals surface area contributed by atoms with Crippen molar-refractivity contribution in [1.29, 1.82) is 0 Å². The second-order valence-corrected chi connectivity index (χ2v) is 8.10. The maximum atomic E-state index is 13.0. The summed E-state index contributed by atoms with van der Waals surface area (Å²) in [6.45, 7) is 3.63. The molecule has 1 saturated heterocycles. The average Bonchev–Trinajstić information content (AvgIpc) is 3.23. The van der Waals surface area contributed by atoms with Crippen molar-refractivity contribution in [3.8, 4) is 5.75 Å². The van der Waals surface area contributed by atoms with E-state index >= 15 is 0 Å². The standard InChI is InChI=1S/C25H25ClN2O3/c1-2-31-20-8-9-22-19(14-20)15-23(27-22)25(30)28-12-10-18(11-13-28)24(29)16-21(26)17-6-4-3-5-7-17/h3-9,14-16,18,27H,2,10-13H2,1H3/b21-16-. The molecule has 1 aliphatic heterocycles. The van der Waals surface area contributed by atoms with Gasteiger partial charge < -0.3 is 14.6 Å². The average molecular weight is 437 g/mol. The third kappa shape index (κ3) is 4.83.